The number of aromatic nitrogens is 2. The van der Waals surface area contributed by atoms with Gasteiger partial charge in [-0.1, -0.05) is 24.3 Å². The summed E-state index contributed by atoms with van der Waals surface area (Å²) in [5, 5.41) is 1.12. The van der Waals surface area contributed by atoms with Crippen LogP contribution in [-0.2, 0) is 29.7 Å². The first kappa shape index (κ1) is 18.8. The SMILES string of the molecule is Cn1ccc(CN2CC(=O)N3CCN(Cc4cccc5cccnc45)CC3C2=O)c1. The average Bonchev–Trinajstić information content (AvgIpc) is 3.16. The molecule has 1 atom stereocenters. The fourth-order valence-corrected chi connectivity index (χ4v) is 4.58. The lowest BCUT2D eigenvalue weighted by Gasteiger charge is -2.46. The third-order valence-corrected chi connectivity index (χ3v) is 6.08. The number of piperazine rings is 2. The molecule has 0 N–H and O–H groups in total. The molecule has 3 aromatic rings. The van der Waals surface area contributed by atoms with E-state index in [1.807, 2.05) is 48.4 Å². The van der Waals surface area contributed by atoms with E-state index in [1.54, 1.807) is 9.80 Å². The molecular formula is C23H25N5O2. The van der Waals surface area contributed by atoms with Gasteiger partial charge in [0.2, 0.25) is 11.8 Å². The number of nitrogens with zero attached hydrogens (tertiary/aromatic N) is 5. The molecule has 7 nitrogen and oxygen atoms in total. The lowest BCUT2D eigenvalue weighted by molar-refractivity contribution is -0.160. The highest BCUT2D eigenvalue weighted by Crippen LogP contribution is 2.23. The van der Waals surface area contributed by atoms with Gasteiger partial charge in [0, 0.05) is 63.7 Å². The van der Waals surface area contributed by atoms with E-state index in [0.29, 0.717) is 19.6 Å². The van der Waals surface area contributed by atoms with Crippen molar-refractivity contribution in [3.05, 3.63) is 66.1 Å². The first-order valence-electron chi connectivity index (χ1n) is 10.3. The number of hydrogen-bond acceptors (Lipinski definition) is 4. The van der Waals surface area contributed by atoms with Crippen LogP contribution < -0.4 is 0 Å². The van der Waals surface area contributed by atoms with Crippen LogP contribution in [0.4, 0.5) is 0 Å². The summed E-state index contributed by atoms with van der Waals surface area (Å²) in [6.45, 7) is 3.27. The van der Waals surface area contributed by atoms with Crippen LogP contribution in [-0.4, -0.2) is 68.3 Å². The number of fused-ring (bicyclic) bond motifs is 2. The fraction of sp³-hybridized carbons (Fsp3) is 0.348. The topological polar surface area (TPSA) is 61.7 Å². The smallest absolute Gasteiger partial charge is 0.247 e. The Hall–Kier alpha value is -3.19. The number of hydrogen-bond donors (Lipinski definition) is 0. The quantitative estimate of drug-likeness (QED) is 0.664. The second kappa shape index (κ2) is 7.57. The molecule has 1 unspecified atom stereocenters. The molecule has 4 heterocycles. The van der Waals surface area contributed by atoms with Gasteiger partial charge in [-0.15, -0.1) is 0 Å². The molecule has 0 spiro atoms. The minimum atomic E-state index is -0.411. The third kappa shape index (κ3) is 3.45. The highest BCUT2D eigenvalue weighted by molar-refractivity contribution is 5.95. The van der Waals surface area contributed by atoms with Crippen molar-refractivity contribution >= 4 is 22.7 Å². The van der Waals surface area contributed by atoms with Crippen molar-refractivity contribution in [2.45, 2.75) is 19.1 Å². The Labute approximate surface area is 175 Å². The summed E-state index contributed by atoms with van der Waals surface area (Å²) in [7, 11) is 1.95. The van der Waals surface area contributed by atoms with Gasteiger partial charge in [-0.3, -0.25) is 19.5 Å². The normalized spacial score (nSPS) is 20.1. The maximum Gasteiger partial charge on any atom is 0.247 e. The molecule has 2 aliphatic rings. The molecule has 0 aliphatic carbocycles. The van der Waals surface area contributed by atoms with Crippen molar-refractivity contribution in [3.63, 3.8) is 0 Å². The van der Waals surface area contributed by atoms with E-state index in [1.165, 1.54) is 0 Å². The molecule has 1 aromatic carbocycles. The van der Waals surface area contributed by atoms with Crippen LogP contribution >= 0.6 is 0 Å². The summed E-state index contributed by atoms with van der Waals surface area (Å²) >= 11 is 0. The number of carbonyl (C=O) groups excluding carboxylic acids is 2. The van der Waals surface area contributed by atoms with Gasteiger partial charge in [0.15, 0.2) is 0 Å². The Balaban J connectivity index is 1.33. The van der Waals surface area contributed by atoms with Crippen LogP contribution in [0.5, 0.6) is 0 Å². The zero-order chi connectivity index (χ0) is 20.7. The van der Waals surface area contributed by atoms with Crippen molar-refractivity contribution in [1.82, 2.24) is 24.3 Å². The van der Waals surface area contributed by atoms with Crippen molar-refractivity contribution in [3.8, 4) is 0 Å². The molecule has 0 radical (unpaired) electrons. The predicted octanol–water partition coefficient (Wildman–Crippen LogP) is 1.63. The summed E-state index contributed by atoms with van der Waals surface area (Å²) in [5.41, 5.74) is 3.19. The van der Waals surface area contributed by atoms with Crippen LogP contribution in [0.3, 0.4) is 0 Å². The standard InChI is InChI=1S/C23H25N5O2/c1-25-9-7-17(12-25)13-27-16-21(29)28-11-10-26(15-20(28)23(27)30)14-19-5-2-4-18-6-3-8-24-22(18)19/h2-9,12,20H,10-11,13-16H2,1H3. The fourth-order valence-electron chi connectivity index (χ4n) is 4.58. The number of aryl methyl sites for hydroxylation is 1. The lowest BCUT2D eigenvalue weighted by Crippen LogP contribution is -2.66. The largest absolute Gasteiger partial charge is 0.357 e. The number of amides is 2. The van der Waals surface area contributed by atoms with E-state index >= 15 is 0 Å². The van der Waals surface area contributed by atoms with Crippen LogP contribution in [0, 0.1) is 0 Å². The maximum atomic E-state index is 13.2. The van der Waals surface area contributed by atoms with Crippen molar-refractivity contribution in [2.24, 2.45) is 7.05 Å². The highest BCUT2D eigenvalue weighted by atomic mass is 16.2. The Kier molecular flexibility index (Phi) is 4.75. The van der Waals surface area contributed by atoms with Gasteiger partial charge < -0.3 is 14.4 Å². The Morgan fingerprint density at radius 2 is 1.93 bits per heavy atom. The molecule has 2 aromatic heterocycles. The van der Waals surface area contributed by atoms with Crippen molar-refractivity contribution in [2.75, 3.05) is 26.2 Å². The molecule has 2 aliphatic heterocycles. The first-order chi connectivity index (χ1) is 14.6. The van der Waals surface area contributed by atoms with E-state index in [2.05, 4.69) is 28.1 Å². The minimum absolute atomic E-state index is 0.0409. The Morgan fingerprint density at radius 1 is 1.07 bits per heavy atom. The first-order valence-corrected chi connectivity index (χ1v) is 10.3. The van der Waals surface area contributed by atoms with Gasteiger partial charge in [-0.25, -0.2) is 0 Å². The molecule has 7 heteroatoms. The van der Waals surface area contributed by atoms with E-state index < -0.39 is 6.04 Å². The van der Waals surface area contributed by atoms with Crippen LogP contribution in [0.1, 0.15) is 11.1 Å². The summed E-state index contributed by atoms with van der Waals surface area (Å²) < 4.78 is 1.96. The van der Waals surface area contributed by atoms with E-state index in [-0.39, 0.29) is 18.4 Å². The third-order valence-electron chi connectivity index (χ3n) is 6.08. The summed E-state index contributed by atoms with van der Waals surface area (Å²) in [6, 6.07) is 11.8. The molecule has 0 saturated carbocycles. The summed E-state index contributed by atoms with van der Waals surface area (Å²) in [4.78, 5) is 36.2. The number of benzene rings is 1. The van der Waals surface area contributed by atoms with E-state index in [9.17, 15) is 9.59 Å². The molecule has 154 valence electrons. The number of carbonyl (C=O) groups is 2. The highest BCUT2D eigenvalue weighted by Gasteiger charge is 2.42. The van der Waals surface area contributed by atoms with Gasteiger partial charge in [0.25, 0.3) is 0 Å². The molecule has 30 heavy (non-hydrogen) atoms. The number of rotatable bonds is 4. The van der Waals surface area contributed by atoms with Crippen LogP contribution in [0.2, 0.25) is 0 Å². The zero-order valence-corrected chi connectivity index (χ0v) is 17.1. The number of para-hydroxylation sites is 1. The van der Waals surface area contributed by atoms with Gasteiger partial charge >= 0.3 is 0 Å². The molecule has 0 bridgehead atoms. The van der Waals surface area contributed by atoms with E-state index in [4.69, 9.17) is 0 Å². The molecule has 2 fully saturated rings. The molecule has 2 amide bonds. The van der Waals surface area contributed by atoms with Gasteiger partial charge in [-0.05, 0) is 23.3 Å². The lowest BCUT2D eigenvalue weighted by atomic mass is 10.0. The predicted molar refractivity (Wildman–Crippen MR) is 113 cm³/mol. The molecule has 2 saturated heterocycles. The summed E-state index contributed by atoms with van der Waals surface area (Å²) in [6.07, 6.45) is 5.76. The average molecular weight is 403 g/mol. The molecular weight excluding hydrogens is 378 g/mol. The Bertz CT molecular complexity index is 1100. The second-order valence-corrected chi connectivity index (χ2v) is 8.21. The summed E-state index contributed by atoms with van der Waals surface area (Å²) in [5.74, 6) is 0.0845. The van der Waals surface area contributed by atoms with Gasteiger partial charge in [0.05, 0.1) is 5.52 Å². The zero-order valence-electron chi connectivity index (χ0n) is 17.1. The minimum Gasteiger partial charge on any atom is -0.357 e. The van der Waals surface area contributed by atoms with Gasteiger partial charge in [-0.2, -0.15) is 0 Å². The monoisotopic (exact) mass is 403 g/mol. The van der Waals surface area contributed by atoms with Crippen LogP contribution in [0.25, 0.3) is 10.9 Å². The van der Waals surface area contributed by atoms with Crippen LogP contribution in [0.15, 0.2) is 55.0 Å². The number of pyridine rings is 1. The van der Waals surface area contributed by atoms with Crippen molar-refractivity contribution < 1.29 is 9.59 Å². The maximum absolute atomic E-state index is 13.2. The second-order valence-electron chi connectivity index (χ2n) is 8.21. The van der Waals surface area contributed by atoms with Gasteiger partial charge in [0.1, 0.15) is 12.6 Å². The molecule has 5 rings (SSSR count). The van der Waals surface area contributed by atoms with E-state index in [0.717, 1.165) is 35.1 Å². The Morgan fingerprint density at radius 3 is 2.77 bits per heavy atom. The van der Waals surface area contributed by atoms with Crippen molar-refractivity contribution in [1.29, 1.82) is 0 Å².